The smallest absolute Gasteiger partial charge is 0.303 e. The second-order valence-corrected chi connectivity index (χ2v) is 4.12. The number of aliphatic hydroxyl groups is 1. The number of hydrogen-bond acceptors (Lipinski definition) is 2. The zero-order valence-electron chi connectivity index (χ0n) is 8.65. The van der Waals surface area contributed by atoms with Gasteiger partial charge >= 0.3 is 5.97 Å². The summed E-state index contributed by atoms with van der Waals surface area (Å²) >= 11 is 5.68. The summed E-state index contributed by atoms with van der Waals surface area (Å²) in [6.45, 7) is 1.54. The first-order valence-corrected chi connectivity index (χ1v) is 5.14. The van der Waals surface area contributed by atoms with Gasteiger partial charge in [-0.1, -0.05) is 18.5 Å². The van der Waals surface area contributed by atoms with E-state index < -0.39 is 23.8 Å². The minimum atomic E-state index is -1.17. The van der Waals surface area contributed by atoms with Crippen LogP contribution in [-0.2, 0) is 4.79 Å². The molecule has 1 aromatic carbocycles. The van der Waals surface area contributed by atoms with Crippen LogP contribution in [0.15, 0.2) is 18.2 Å². The van der Waals surface area contributed by atoms with E-state index in [4.69, 9.17) is 16.7 Å². The van der Waals surface area contributed by atoms with Crippen molar-refractivity contribution in [3.63, 3.8) is 0 Å². The van der Waals surface area contributed by atoms with Crippen LogP contribution < -0.4 is 0 Å². The average Bonchev–Trinajstić information content (AvgIpc) is 2.19. The first-order valence-electron chi connectivity index (χ1n) is 4.76. The highest BCUT2D eigenvalue weighted by atomic mass is 35.5. The van der Waals surface area contributed by atoms with Gasteiger partial charge in [-0.05, 0) is 24.1 Å². The van der Waals surface area contributed by atoms with E-state index in [1.54, 1.807) is 6.92 Å². The number of aliphatic hydroxyl groups excluding tert-OH is 1. The average molecular weight is 247 g/mol. The van der Waals surface area contributed by atoms with Crippen molar-refractivity contribution in [2.24, 2.45) is 5.92 Å². The van der Waals surface area contributed by atoms with Gasteiger partial charge in [0.2, 0.25) is 0 Å². The molecule has 2 N–H and O–H groups in total. The second kappa shape index (κ2) is 5.27. The van der Waals surface area contributed by atoms with Gasteiger partial charge in [0.25, 0.3) is 0 Å². The molecule has 2 atom stereocenters. The Morgan fingerprint density at radius 1 is 1.56 bits per heavy atom. The third-order valence-corrected chi connectivity index (χ3v) is 2.55. The Morgan fingerprint density at radius 2 is 2.19 bits per heavy atom. The Morgan fingerprint density at radius 3 is 2.75 bits per heavy atom. The molecule has 0 heterocycles. The van der Waals surface area contributed by atoms with Crippen molar-refractivity contribution in [2.45, 2.75) is 19.4 Å². The largest absolute Gasteiger partial charge is 0.481 e. The topological polar surface area (TPSA) is 57.5 Å². The Bertz CT molecular complexity index is 395. The molecule has 1 rings (SSSR count). The molecule has 0 saturated carbocycles. The summed E-state index contributed by atoms with van der Waals surface area (Å²) in [6, 6.07) is 3.82. The fraction of sp³-hybridized carbons (Fsp3) is 0.364. The summed E-state index contributed by atoms with van der Waals surface area (Å²) in [6.07, 6.45) is -1.40. The molecular weight excluding hydrogens is 235 g/mol. The molecular formula is C11H12ClFO3. The molecule has 0 saturated heterocycles. The number of rotatable bonds is 4. The fourth-order valence-electron chi connectivity index (χ4n) is 1.43. The molecule has 0 bridgehead atoms. The maximum Gasteiger partial charge on any atom is 0.303 e. The van der Waals surface area contributed by atoms with Crippen molar-refractivity contribution in [3.05, 3.63) is 34.6 Å². The van der Waals surface area contributed by atoms with Crippen LogP contribution >= 0.6 is 11.6 Å². The van der Waals surface area contributed by atoms with Crippen molar-refractivity contribution in [3.8, 4) is 0 Å². The Balaban J connectivity index is 2.90. The number of aliphatic carboxylic acids is 1. The van der Waals surface area contributed by atoms with Gasteiger partial charge in [-0.15, -0.1) is 0 Å². The summed E-state index contributed by atoms with van der Waals surface area (Å²) < 4.78 is 13.4. The fourth-order valence-corrected chi connectivity index (χ4v) is 1.62. The maximum atomic E-state index is 13.4. The number of hydrogen-bond donors (Lipinski definition) is 2. The predicted octanol–water partition coefficient (Wildman–Crippen LogP) is 2.62. The highest BCUT2D eigenvalue weighted by molar-refractivity contribution is 6.30. The Labute approximate surface area is 97.5 Å². The highest BCUT2D eigenvalue weighted by Crippen LogP contribution is 2.28. The molecule has 0 aromatic heterocycles. The molecule has 0 amide bonds. The molecule has 0 radical (unpaired) electrons. The molecule has 1 aromatic rings. The molecule has 5 heteroatoms. The van der Waals surface area contributed by atoms with Gasteiger partial charge in [0.15, 0.2) is 0 Å². The normalized spacial score (nSPS) is 14.5. The van der Waals surface area contributed by atoms with Crippen LogP contribution in [0.2, 0.25) is 5.02 Å². The first-order chi connectivity index (χ1) is 7.41. The minimum absolute atomic E-state index is 0.0289. The lowest BCUT2D eigenvalue weighted by Crippen LogP contribution is -2.14. The third-order valence-electron chi connectivity index (χ3n) is 2.31. The van der Waals surface area contributed by atoms with E-state index in [0.717, 1.165) is 6.07 Å². The van der Waals surface area contributed by atoms with Crippen LogP contribution in [0.25, 0.3) is 0 Å². The first kappa shape index (κ1) is 12.9. The number of halogens is 2. The van der Waals surface area contributed by atoms with Crippen LogP contribution in [0.1, 0.15) is 25.0 Å². The van der Waals surface area contributed by atoms with E-state index in [1.165, 1.54) is 12.1 Å². The van der Waals surface area contributed by atoms with Crippen molar-refractivity contribution >= 4 is 17.6 Å². The zero-order chi connectivity index (χ0) is 12.3. The highest BCUT2D eigenvalue weighted by Gasteiger charge is 2.22. The minimum Gasteiger partial charge on any atom is -0.481 e. The summed E-state index contributed by atoms with van der Waals surface area (Å²) in [5.74, 6) is -2.20. The predicted molar refractivity (Wildman–Crippen MR) is 57.8 cm³/mol. The van der Waals surface area contributed by atoms with Crippen molar-refractivity contribution < 1.29 is 19.4 Å². The SMILES string of the molecule is CC(CC(=O)O)C(O)c1cc(Cl)ccc1F. The maximum absolute atomic E-state index is 13.4. The van der Waals surface area contributed by atoms with Crippen LogP contribution in [0.4, 0.5) is 4.39 Å². The molecule has 88 valence electrons. The van der Waals surface area contributed by atoms with E-state index in [-0.39, 0.29) is 12.0 Å². The second-order valence-electron chi connectivity index (χ2n) is 3.69. The molecule has 0 fully saturated rings. The van der Waals surface area contributed by atoms with Gasteiger partial charge in [-0.25, -0.2) is 4.39 Å². The van der Waals surface area contributed by atoms with Gasteiger partial charge in [-0.3, -0.25) is 4.79 Å². The van der Waals surface area contributed by atoms with E-state index in [2.05, 4.69) is 0 Å². The Kier molecular flexibility index (Phi) is 4.26. The van der Waals surface area contributed by atoms with Crippen molar-refractivity contribution in [2.75, 3.05) is 0 Å². The van der Waals surface area contributed by atoms with Gasteiger partial charge in [0.05, 0.1) is 12.5 Å². The summed E-state index contributed by atoms with van der Waals surface area (Å²) in [5, 5.41) is 18.7. The lowest BCUT2D eigenvalue weighted by Gasteiger charge is -2.18. The van der Waals surface area contributed by atoms with Crippen LogP contribution in [-0.4, -0.2) is 16.2 Å². The Hall–Kier alpha value is -1.13. The summed E-state index contributed by atoms with van der Waals surface area (Å²) in [7, 11) is 0. The van der Waals surface area contributed by atoms with Gasteiger partial charge in [0, 0.05) is 10.6 Å². The lowest BCUT2D eigenvalue weighted by molar-refractivity contribution is -0.139. The number of benzene rings is 1. The van der Waals surface area contributed by atoms with E-state index in [9.17, 15) is 14.3 Å². The van der Waals surface area contributed by atoms with Gasteiger partial charge < -0.3 is 10.2 Å². The monoisotopic (exact) mass is 246 g/mol. The number of carboxylic acids is 1. The van der Waals surface area contributed by atoms with Crippen molar-refractivity contribution in [1.82, 2.24) is 0 Å². The molecule has 2 unspecified atom stereocenters. The van der Waals surface area contributed by atoms with Crippen molar-refractivity contribution in [1.29, 1.82) is 0 Å². The molecule has 0 aliphatic heterocycles. The van der Waals surface area contributed by atoms with Crippen LogP contribution in [0, 0.1) is 11.7 Å². The molecule has 0 spiro atoms. The van der Waals surface area contributed by atoms with Crippen LogP contribution in [0.3, 0.4) is 0 Å². The van der Waals surface area contributed by atoms with Crippen LogP contribution in [0.5, 0.6) is 0 Å². The van der Waals surface area contributed by atoms with Gasteiger partial charge in [0.1, 0.15) is 5.82 Å². The standard InChI is InChI=1S/C11H12ClFO3/c1-6(4-10(14)15)11(16)8-5-7(12)2-3-9(8)13/h2-3,5-6,11,16H,4H2,1H3,(H,14,15). The molecule has 0 aliphatic carbocycles. The third kappa shape index (κ3) is 3.18. The number of carboxylic acid groups (broad SMARTS) is 1. The zero-order valence-corrected chi connectivity index (χ0v) is 9.41. The van der Waals surface area contributed by atoms with E-state index in [0.29, 0.717) is 5.02 Å². The van der Waals surface area contributed by atoms with E-state index >= 15 is 0 Å². The number of carbonyl (C=O) groups is 1. The molecule has 16 heavy (non-hydrogen) atoms. The summed E-state index contributed by atoms with van der Waals surface area (Å²) in [5.41, 5.74) is 0.0289. The molecule has 0 aliphatic rings. The van der Waals surface area contributed by atoms with E-state index in [1.807, 2.05) is 0 Å². The summed E-state index contributed by atoms with van der Waals surface area (Å²) in [4.78, 5) is 10.5. The quantitative estimate of drug-likeness (QED) is 0.859. The molecule has 3 nitrogen and oxygen atoms in total. The lowest BCUT2D eigenvalue weighted by atomic mass is 9.94. The van der Waals surface area contributed by atoms with Gasteiger partial charge in [-0.2, -0.15) is 0 Å².